The molecule has 0 bridgehead atoms. The molecule has 7 heteroatoms. The predicted molar refractivity (Wildman–Crippen MR) is 80.0 cm³/mol. The zero-order chi connectivity index (χ0) is 13.0. The van der Waals surface area contributed by atoms with Crippen LogP contribution in [0.2, 0.25) is 0 Å². The lowest BCUT2D eigenvalue weighted by Gasteiger charge is -2.34. The minimum atomic E-state index is -0.634. The van der Waals surface area contributed by atoms with Crippen LogP contribution in [0.15, 0.2) is 18.2 Å². The Morgan fingerprint density at radius 2 is 2.00 bits per heavy atom. The SMILES string of the molecule is Cl.Cl.N#CC[C@H](c1cccc(F)c1O)N1CCNCC1. The molecule has 20 heavy (non-hydrogen) atoms. The van der Waals surface area contributed by atoms with Gasteiger partial charge >= 0.3 is 0 Å². The number of hydrogen-bond donors (Lipinski definition) is 2. The Kier molecular flexibility index (Phi) is 8.51. The van der Waals surface area contributed by atoms with E-state index in [0.717, 1.165) is 26.2 Å². The third-order valence-electron chi connectivity index (χ3n) is 3.25. The highest BCUT2D eigenvalue weighted by Crippen LogP contribution is 2.32. The lowest BCUT2D eigenvalue weighted by molar-refractivity contribution is 0.172. The van der Waals surface area contributed by atoms with Crippen LogP contribution in [-0.4, -0.2) is 36.2 Å². The first-order valence-electron chi connectivity index (χ1n) is 6.03. The maximum atomic E-state index is 13.4. The van der Waals surface area contributed by atoms with Crippen LogP contribution in [0.4, 0.5) is 4.39 Å². The number of rotatable bonds is 3. The largest absolute Gasteiger partial charge is 0.505 e. The summed E-state index contributed by atoms with van der Waals surface area (Å²) in [5, 5.41) is 21.9. The van der Waals surface area contributed by atoms with Gasteiger partial charge in [-0.3, -0.25) is 4.90 Å². The smallest absolute Gasteiger partial charge is 0.165 e. The van der Waals surface area contributed by atoms with Crippen molar-refractivity contribution in [3.63, 3.8) is 0 Å². The fourth-order valence-electron chi connectivity index (χ4n) is 2.32. The van der Waals surface area contributed by atoms with E-state index in [1.807, 2.05) is 0 Å². The van der Waals surface area contributed by atoms with Crippen LogP contribution in [0.3, 0.4) is 0 Å². The van der Waals surface area contributed by atoms with Crippen molar-refractivity contribution in [1.29, 1.82) is 5.26 Å². The van der Waals surface area contributed by atoms with Crippen LogP contribution in [0.25, 0.3) is 0 Å². The van der Waals surface area contributed by atoms with Gasteiger partial charge in [0.15, 0.2) is 11.6 Å². The molecular formula is C13H18Cl2FN3O. The van der Waals surface area contributed by atoms with E-state index in [2.05, 4.69) is 16.3 Å². The van der Waals surface area contributed by atoms with Crippen LogP contribution in [0.1, 0.15) is 18.0 Å². The van der Waals surface area contributed by atoms with Crippen LogP contribution in [-0.2, 0) is 0 Å². The fourth-order valence-corrected chi connectivity index (χ4v) is 2.32. The van der Waals surface area contributed by atoms with Gasteiger partial charge in [0, 0.05) is 31.7 Å². The van der Waals surface area contributed by atoms with Gasteiger partial charge in [0.2, 0.25) is 0 Å². The van der Waals surface area contributed by atoms with E-state index in [1.165, 1.54) is 6.07 Å². The van der Waals surface area contributed by atoms with Crippen molar-refractivity contribution in [2.24, 2.45) is 0 Å². The Balaban J connectivity index is 0.00000180. The molecule has 0 spiro atoms. The molecule has 2 N–H and O–H groups in total. The first kappa shape index (κ1) is 18.9. The molecule has 0 radical (unpaired) electrons. The Bertz CT molecular complexity index is 461. The Hall–Kier alpha value is -1.06. The number of nitrogens with one attached hydrogen (secondary N) is 1. The maximum absolute atomic E-state index is 13.4. The zero-order valence-electron chi connectivity index (χ0n) is 10.9. The zero-order valence-corrected chi connectivity index (χ0v) is 12.5. The van der Waals surface area contributed by atoms with Crippen LogP contribution in [0.5, 0.6) is 5.75 Å². The van der Waals surface area contributed by atoms with Gasteiger partial charge in [-0.15, -0.1) is 24.8 Å². The van der Waals surface area contributed by atoms with Gasteiger partial charge in [0.05, 0.1) is 18.5 Å². The molecule has 0 aromatic heterocycles. The number of halogens is 3. The molecule has 1 heterocycles. The number of aromatic hydroxyl groups is 1. The van der Waals surface area contributed by atoms with Crippen LogP contribution >= 0.6 is 24.8 Å². The van der Waals surface area contributed by atoms with E-state index in [9.17, 15) is 9.50 Å². The van der Waals surface area contributed by atoms with Gasteiger partial charge in [-0.25, -0.2) is 4.39 Å². The molecule has 1 aromatic rings. The number of para-hydroxylation sites is 1. The molecule has 112 valence electrons. The molecule has 1 aromatic carbocycles. The van der Waals surface area contributed by atoms with E-state index in [1.54, 1.807) is 12.1 Å². The minimum absolute atomic E-state index is 0. The average Bonchev–Trinajstić information content (AvgIpc) is 2.41. The summed E-state index contributed by atoms with van der Waals surface area (Å²) in [6.07, 6.45) is 0.247. The standard InChI is InChI=1S/C13H16FN3O.2ClH/c14-11-3-1-2-10(13(11)18)12(4-5-15)17-8-6-16-7-9-17;;/h1-3,12,16,18H,4,6-9H2;2*1H/t12-;;/m1../s1. The fraction of sp³-hybridized carbons (Fsp3) is 0.462. The van der Waals surface area contributed by atoms with Crippen LogP contribution in [0, 0.1) is 17.1 Å². The van der Waals surface area contributed by atoms with Crippen molar-refractivity contribution in [2.75, 3.05) is 26.2 Å². The molecular weight excluding hydrogens is 304 g/mol. The van der Waals surface area contributed by atoms with E-state index < -0.39 is 5.82 Å². The summed E-state index contributed by atoms with van der Waals surface area (Å²) >= 11 is 0. The maximum Gasteiger partial charge on any atom is 0.165 e. The van der Waals surface area contributed by atoms with E-state index in [0.29, 0.717) is 5.56 Å². The second kappa shape index (κ2) is 8.98. The molecule has 1 atom stereocenters. The lowest BCUT2D eigenvalue weighted by Crippen LogP contribution is -2.45. The first-order valence-corrected chi connectivity index (χ1v) is 6.03. The summed E-state index contributed by atoms with van der Waals surface area (Å²) in [5.41, 5.74) is 0.499. The van der Waals surface area contributed by atoms with Crippen molar-refractivity contribution in [3.8, 4) is 11.8 Å². The number of benzene rings is 1. The minimum Gasteiger partial charge on any atom is -0.505 e. The molecule has 1 fully saturated rings. The monoisotopic (exact) mass is 321 g/mol. The van der Waals surface area contributed by atoms with Gasteiger partial charge in [0.1, 0.15) is 0 Å². The first-order chi connectivity index (χ1) is 8.74. The molecule has 4 nitrogen and oxygen atoms in total. The Morgan fingerprint density at radius 1 is 1.35 bits per heavy atom. The average molecular weight is 322 g/mol. The van der Waals surface area contributed by atoms with Crippen molar-refractivity contribution >= 4 is 24.8 Å². The van der Waals surface area contributed by atoms with Gasteiger partial charge in [-0.1, -0.05) is 12.1 Å². The quantitative estimate of drug-likeness (QED) is 0.896. The summed E-state index contributed by atoms with van der Waals surface area (Å²) in [4.78, 5) is 2.11. The molecule has 2 rings (SSSR count). The van der Waals surface area contributed by atoms with Gasteiger partial charge in [-0.05, 0) is 6.07 Å². The molecule has 1 saturated heterocycles. The third-order valence-corrected chi connectivity index (χ3v) is 3.25. The lowest BCUT2D eigenvalue weighted by atomic mass is 10.0. The van der Waals surface area contributed by atoms with Crippen molar-refractivity contribution in [2.45, 2.75) is 12.5 Å². The number of piperazine rings is 1. The molecule has 0 aliphatic carbocycles. The molecule has 1 aliphatic rings. The van der Waals surface area contributed by atoms with E-state index in [-0.39, 0.29) is 43.0 Å². The van der Waals surface area contributed by atoms with Gasteiger partial charge in [-0.2, -0.15) is 5.26 Å². The van der Waals surface area contributed by atoms with E-state index >= 15 is 0 Å². The number of phenolic OH excluding ortho intramolecular Hbond substituents is 1. The highest BCUT2D eigenvalue weighted by Gasteiger charge is 2.25. The normalized spacial score (nSPS) is 16.4. The second-order valence-electron chi connectivity index (χ2n) is 4.34. The number of hydrogen-bond acceptors (Lipinski definition) is 4. The highest BCUT2D eigenvalue weighted by atomic mass is 35.5. The molecule has 1 aliphatic heterocycles. The topological polar surface area (TPSA) is 59.3 Å². The predicted octanol–water partition coefficient (Wildman–Crippen LogP) is 2.23. The molecule has 0 amide bonds. The van der Waals surface area contributed by atoms with Crippen LogP contribution < -0.4 is 5.32 Å². The highest BCUT2D eigenvalue weighted by molar-refractivity contribution is 5.85. The molecule has 0 unspecified atom stereocenters. The number of nitriles is 1. The van der Waals surface area contributed by atoms with Crippen molar-refractivity contribution < 1.29 is 9.50 Å². The summed E-state index contributed by atoms with van der Waals surface area (Å²) in [6.45, 7) is 3.28. The third kappa shape index (κ3) is 4.22. The summed E-state index contributed by atoms with van der Waals surface area (Å²) < 4.78 is 13.4. The molecule has 0 saturated carbocycles. The Labute approximate surface area is 130 Å². The van der Waals surface area contributed by atoms with Crippen molar-refractivity contribution in [3.05, 3.63) is 29.6 Å². The number of nitrogens with zero attached hydrogens (tertiary/aromatic N) is 2. The van der Waals surface area contributed by atoms with Gasteiger partial charge < -0.3 is 10.4 Å². The van der Waals surface area contributed by atoms with Gasteiger partial charge in [0.25, 0.3) is 0 Å². The van der Waals surface area contributed by atoms with Crippen molar-refractivity contribution in [1.82, 2.24) is 10.2 Å². The summed E-state index contributed by atoms with van der Waals surface area (Å²) in [7, 11) is 0. The Morgan fingerprint density at radius 3 is 2.60 bits per heavy atom. The number of phenols is 1. The summed E-state index contributed by atoms with van der Waals surface area (Å²) in [6, 6.07) is 6.34. The summed E-state index contributed by atoms with van der Waals surface area (Å²) in [5.74, 6) is -0.971. The second-order valence-corrected chi connectivity index (χ2v) is 4.34. The van der Waals surface area contributed by atoms with E-state index in [4.69, 9.17) is 5.26 Å².